The minimum atomic E-state index is 1.11. The molecular formula is C51H37N3S. The molecule has 0 amide bonds. The summed E-state index contributed by atoms with van der Waals surface area (Å²) in [5.74, 6) is 0. The molecule has 55 heavy (non-hydrogen) atoms. The summed E-state index contributed by atoms with van der Waals surface area (Å²) in [5.41, 5.74) is 15.2. The molecule has 262 valence electrons. The highest BCUT2D eigenvalue weighted by molar-refractivity contribution is 7.25. The predicted molar refractivity (Wildman–Crippen MR) is 239 cm³/mol. The highest BCUT2D eigenvalue weighted by atomic mass is 32.1. The van der Waals surface area contributed by atoms with E-state index in [-0.39, 0.29) is 0 Å². The Morgan fingerprint density at radius 2 is 1.11 bits per heavy atom. The minimum Gasteiger partial charge on any atom is -0.388 e. The molecular weight excluding hydrogens is 687 g/mol. The van der Waals surface area contributed by atoms with E-state index in [2.05, 4.69) is 203 Å². The van der Waals surface area contributed by atoms with Gasteiger partial charge in [-0.05, 0) is 102 Å². The average Bonchev–Trinajstić information content (AvgIpc) is 3.80. The molecule has 1 aliphatic carbocycles. The van der Waals surface area contributed by atoms with Crippen molar-refractivity contribution in [2.75, 3.05) is 12.4 Å². The first-order valence-electron chi connectivity index (χ1n) is 18.7. The van der Waals surface area contributed by atoms with Crippen LogP contribution in [0.5, 0.6) is 0 Å². The number of nitrogens with zero attached hydrogens (tertiary/aromatic N) is 2. The van der Waals surface area contributed by atoms with Crippen molar-refractivity contribution < 1.29 is 0 Å². The standard InChI is InChI=1S/C39H29N3.C12H8S/c1-40-35-16-8-5-13-30(35)28-12-4-3-11-26(23-28)27-19-21-39-33(24-27)32-15-7-10-18-38(32)42(39)29-20-22-37-34(25-29)31-14-6-9-17-36(31)41(37)2;1-3-7-11-9(5-1)10-6-2-4-8-12(10)13-11/h4-25,40H,1-2H3;1-8H. The number of hydrogen-bond acceptors (Lipinski definition) is 2. The molecule has 0 fully saturated rings. The van der Waals surface area contributed by atoms with Gasteiger partial charge >= 0.3 is 0 Å². The van der Waals surface area contributed by atoms with E-state index in [1.807, 2.05) is 24.5 Å². The molecule has 0 unspecified atom stereocenters. The zero-order chi connectivity index (χ0) is 36.9. The van der Waals surface area contributed by atoms with Crippen molar-refractivity contribution in [2.24, 2.45) is 7.05 Å². The molecule has 0 atom stereocenters. The van der Waals surface area contributed by atoms with Gasteiger partial charge in [-0.25, -0.2) is 0 Å². The molecule has 0 saturated heterocycles. The summed E-state index contributed by atoms with van der Waals surface area (Å²) >= 11 is 1.86. The lowest BCUT2D eigenvalue weighted by atomic mass is 9.97. The maximum Gasteiger partial charge on any atom is 0.0541 e. The van der Waals surface area contributed by atoms with Crippen molar-refractivity contribution in [3.63, 3.8) is 0 Å². The van der Waals surface area contributed by atoms with Crippen LogP contribution in [0.4, 0.5) is 5.69 Å². The topological polar surface area (TPSA) is 21.9 Å². The van der Waals surface area contributed by atoms with Gasteiger partial charge in [-0.1, -0.05) is 97.1 Å². The van der Waals surface area contributed by atoms with E-state index in [9.17, 15) is 0 Å². The van der Waals surface area contributed by atoms with Gasteiger partial charge in [-0.15, -0.1) is 17.1 Å². The van der Waals surface area contributed by atoms with E-state index in [0.717, 1.165) is 16.8 Å². The van der Waals surface area contributed by atoms with Crippen LogP contribution in [0.25, 0.3) is 80.6 Å². The lowest BCUT2D eigenvalue weighted by molar-refractivity contribution is 1.01. The molecule has 3 aromatic heterocycles. The third-order valence-corrected chi connectivity index (χ3v) is 12.0. The second-order valence-corrected chi connectivity index (χ2v) is 15.0. The van der Waals surface area contributed by atoms with Gasteiger partial charge in [0.15, 0.2) is 0 Å². The summed E-state index contributed by atoms with van der Waals surface area (Å²) in [6, 6.07) is 56.6. The van der Waals surface area contributed by atoms with Crippen LogP contribution in [0.3, 0.4) is 0 Å². The van der Waals surface area contributed by atoms with Crippen molar-refractivity contribution in [3.05, 3.63) is 199 Å². The number of anilines is 1. The Morgan fingerprint density at radius 1 is 0.527 bits per heavy atom. The van der Waals surface area contributed by atoms with Gasteiger partial charge in [0.2, 0.25) is 0 Å². The van der Waals surface area contributed by atoms with E-state index >= 15 is 0 Å². The number of nitrogens with one attached hydrogen (secondary N) is 1. The highest BCUT2D eigenvalue weighted by Gasteiger charge is 2.16. The van der Waals surface area contributed by atoms with Crippen molar-refractivity contribution >= 4 is 92.0 Å². The number of aryl methyl sites for hydroxylation is 1. The van der Waals surface area contributed by atoms with Gasteiger partial charge in [0.25, 0.3) is 0 Å². The molecule has 3 nitrogen and oxygen atoms in total. The summed E-state index contributed by atoms with van der Waals surface area (Å²) in [5, 5.41) is 11.1. The van der Waals surface area contributed by atoms with Crippen LogP contribution in [-0.2, 0) is 7.05 Å². The van der Waals surface area contributed by atoms with Gasteiger partial charge in [0, 0.05) is 83.8 Å². The van der Waals surface area contributed by atoms with Gasteiger partial charge < -0.3 is 14.5 Å². The van der Waals surface area contributed by atoms with Gasteiger partial charge in [-0.3, -0.25) is 0 Å². The maximum absolute atomic E-state index is 3.36. The molecule has 11 rings (SSSR count). The Bertz CT molecular complexity index is 3200. The smallest absolute Gasteiger partial charge is 0.0541 e. The molecule has 1 N–H and O–H groups in total. The fourth-order valence-electron chi connectivity index (χ4n) is 8.22. The van der Waals surface area contributed by atoms with E-state index in [0.29, 0.717) is 0 Å². The third kappa shape index (κ3) is 5.59. The Morgan fingerprint density at radius 3 is 1.87 bits per heavy atom. The summed E-state index contributed by atoms with van der Waals surface area (Å²) in [7, 11) is 4.12. The molecule has 7 aromatic carbocycles. The molecule has 4 heteroatoms. The third-order valence-electron chi connectivity index (χ3n) is 10.9. The Kier molecular flexibility index (Phi) is 8.07. The lowest BCUT2D eigenvalue weighted by Gasteiger charge is -2.11. The summed E-state index contributed by atoms with van der Waals surface area (Å²) in [6.45, 7) is 0. The number of benzene rings is 7. The monoisotopic (exact) mass is 723 g/mol. The maximum atomic E-state index is 3.36. The molecule has 3 heterocycles. The molecule has 0 spiro atoms. The van der Waals surface area contributed by atoms with Gasteiger partial charge in [0.1, 0.15) is 0 Å². The number of aromatic nitrogens is 2. The van der Waals surface area contributed by atoms with Crippen LogP contribution in [0, 0.1) is 0 Å². The first-order chi connectivity index (χ1) is 27.2. The average molecular weight is 724 g/mol. The summed E-state index contributed by atoms with van der Waals surface area (Å²) < 4.78 is 7.45. The Hall–Kier alpha value is -6.84. The molecule has 0 bridgehead atoms. The van der Waals surface area contributed by atoms with Gasteiger partial charge in [-0.2, -0.15) is 0 Å². The van der Waals surface area contributed by atoms with Crippen LogP contribution in [0.15, 0.2) is 188 Å². The lowest BCUT2D eigenvalue weighted by Crippen LogP contribution is -1.95. The number of thiophene rings is 1. The van der Waals surface area contributed by atoms with E-state index in [1.54, 1.807) is 0 Å². The van der Waals surface area contributed by atoms with Crippen LogP contribution < -0.4 is 5.32 Å². The quantitative estimate of drug-likeness (QED) is 0.179. The number of allylic oxidation sites excluding steroid dienone is 5. The Labute approximate surface area is 323 Å². The second-order valence-electron chi connectivity index (χ2n) is 14.0. The largest absolute Gasteiger partial charge is 0.388 e. The van der Waals surface area contributed by atoms with E-state index in [1.165, 1.54) is 80.6 Å². The number of para-hydroxylation sites is 3. The van der Waals surface area contributed by atoms with Crippen LogP contribution >= 0.6 is 11.3 Å². The zero-order valence-electron chi connectivity index (χ0n) is 30.6. The SMILES string of the molecule is CNc1ccccc1C1=CC=C=CC(c2ccc3c(c2)c2ccccc2n3-c2ccc3c(c2)c2ccccc2n3C)=C1.c1ccc2c(c1)sc1ccccc12. The highest BCUT2D eigenvalue weighted by Crippen LogP contribution is 2.38. The fourth-order valence-corrected chi connectivity index (χ4v) is 9.33. The fraction of sp³-hybridized carbons (Fsp3) is 0.0392. The van der Waals surface area contributed by atoms with Crippen molar-refractivity contribution in [3.8, 4) is 5.69 Å². The zero-order valence-corrected chi connectivity index (χ0v) is 31.4. The number of rotatable bonds is 4. The summed E-state index contributed by atoms with van der Waals surface area (Å²) in [4.78, 5) is 0. The van der Waals surface area contributed by atoms with Crippen molar-refractivity contribution in [1.29, 1.82) is 0 Å². The van der Waals surface area contributed by atoms with Crippen LogP contribution in [0.2, 0.25) is 0 Å². The second kappa shape index (κ2) is 13.5. The predicted octanol–water partition coefficient (Wildman–Crippen LogP) is 13.7. The Balaban J connectivity index is 0.000000240. The van der Waals surface area contributed by atoms with Gasteiger partial charge in [0.05, 0.1) is 11.0 Å². The van der Waals surface area contributed by atoms with Crippen molar-refractivity contribution in [1.82, 2.24) is 9.13 Å². The number of fused-ring (bicyclic) bond motifs is 9. The first kappa shape index (κ1) is 32.8. The normalized spacial score (nSPS) is 12.7. The first-order valence-corrected chi connectivity index (χ1v) is 19.5. The molecule has 0 radical (unpaired) electrons. The molecule has 10 aromatic rings. The molecule has 0 aliphatic heterocycles. The molecule has 0 saturated carbocycles. The molecule has 1 aliphatic rings. The van der Waals surface area contributed by atoms with E-state index in [4.69, 9.17) is 0 Å². The summed E-state index contributed by atoms with van der Waals surface area (Å²) in [6.07, 6.45) is 8.48. The van der Waals surface area contributed by atoms with E-state index < -0.39 is 0 Å². The van der Waals surface area contributed by atoms with Crippen molar-refractivity contribution in [2.45, 2.75) is 0 Å². The number of hydrogen-bond donors (Lipinski definition) is 1. The minimum absolute atomic E-state index is 1.11. The van der Waals surface area contributed by atoms with Crippen LogP contribution in [0.1, 0.15) is 11.1 Å². The van der Waals surface area contributed by atoms with Crippen LogP contribution in [-0.4, -0.2) is 16.2 Å².